The van der Waals surface area contributed by atoms with Gasteiger partial charge < -0.3 is 5.73 Å². The molecule has 0 aromatic heterocycles. The number of hydrogen-bond donors (Lipinski definition) is 2. The smallest absolute Gasteiger partial charge is 0.274 e. The van der Waals surface area contributed by atoms with Gasteiger partial charge in [-0.25, -0.2) is 5.48 Å². The highest BCUT2D eigenvalue weighted by Crippen LogP contribution is 2.28. The molecule has 0 heterocycles. The Morgan fingerprint density at radius 2 is 1.94 bits per heavy atom. The first kappa shape index (κ1) is 14.1. The molecule has 6 heteroatoms. The number of hydroxylamine groups is 1. The molecule has 1 rings (SSSR count). The van der Waals surface area contributed by atoms with Gasteiger partial charge in [-0.05, 0) is 18.1 Å². The van der Waals surface area contributed by atoms with Gasteiger partial charge in [-0.3, -0.25) is 9.63 Å². The van der Waals surface area contributed by atoms with Crippen molar-refractivity contribution in [1.29, 1.82) is 0 Å². The molecule has 0 saturated heterocycles. The predicted molar refractivity (Wildman–Crippen MR) is 69.1 cm³/mol. The first-order chi connectivity index (χ1) is 7.91. The van der Waals surface area contributed by atoms with E-state index >= 15 is 0 Å². The molecule has 4 nitrogen and oxygen atoms in total. The molecule has 0 spiro atoms. The summed E-state index contributed by atoms with van der Waals surface area (Å²) in [5.41, 5.74) is 8.43. The quantitative estimate of drug-likeness (QED) is 0.657. The normalized spacial score (nSPS) is 10.6. The largest absolute Gasteiger partial charge is 0.396 e. The SMILES string of the molecule is CC(C)CONC(=O)c1cc(Cl)c(N)c(Cl)c1. The Balaban J connectivity index is 2.70. The highest BCUT2D eigenvalue weighted by Gasteiger charge is 2.11. The molecule has 0 atom stereocenters. The molecule has 0 radical (unpaired) electrons. The molecule has 0 aliphatic heterocycles. The van der Waals surface area contributed by atoms with Gasteiger partial charge in [0, 0.05) is 5.56 Å². The van der Waals surface area contributed by atoms with Crippen LogP contribution >= 0.6 is 23.2 Å². The minimum Gasteiger partial charge on any atom is -0.396 e. The average Bonchev–Trinajstić information content (AvgIpc) is 2.24. The second kappa shape index (κ2) is 6.10. The van der Waals surface area contributed by atoms with Crippen LogP contribution in [0.1, 0.15) is 24.2 Å². The number of halogens is 2. The number of carbonyl (C=O) groups excluding carboxylic acids is 1. The van der Waals surface area contributed by atoms with Crippen LogP contribution in [0.25, 0.3) is 0 Å². The summed E-state index contributed by atoms with van der Waals surface area (Å²) in [6.45, 7) is 4.38. The number of benzene rings is 1. The van der Waals surface area contributed by atoms with Gasteiger partial charge in [-0.2, -0.15) is 0 Å². The molecule has 17 heavy (non-hydrogen) atoms. The van der Waals surface area contributed by atoms with E-state index in [0.29, 0.717) is 18.1 Å². The second-order valence-corrected chi connectivity index (χ2v) is 4.80. The van der Waals surface area contributed by atoms with Gasteiger partial charge in [0.15, 0.2) is 0 Å². The molecular formula is C11H14Cl2N2O2. The maximum Gasteiger partial charge on any atom is 0.274 e. The summed E-state index contributed by atoms with van der Waals surface area (Å²) in [5, 5.41) is 0.484. The predicted octanol–water partition coefficient (Wildman–Crippen LogP) is 2.89. The van der Waals surface area contributed by atoms with Crippen LogP contribution in [0.3, 0.4) is 0 Å². The Kier molecular flexibility index (Phi) is 5.05. The van der Waals surface area contributed by atoms with Crippen LogP contribution in [-0.2, 0) is 4.84 Å². The summed E-state index contributed by atoms with van der Waals surface area (Å²) < 4.78 is 0. The van der Waals surface area contributed by atoms with Crippen molar-refractivity contribution in [3.8, 4) is 0 Å². The number of nitrogens with two attached hydrogens (primary N) is 1. The van der Waals surface area contributed by atoms with Gasteiger partial charge in [-0.15, -0.1) is 0 Å². The zero-order chi connectivity index (χ0) is 13.0. The van der Waals surface area contributed by atoms with Crippen LogP contribution in [0.5, 0.6) is 0 Å². The van der Waals surface area contributed by atoms with E-state index in [2.05, 4.69) is 5.48 Å². The van der Waals surface area contributed by atoms with Crippen molar-refractivity contribution in [3.63, 3.8) is 0 Å². The fourth-order valence-electron chi connectivity index (χ4n) is 1.05. The van der Waals surface area contributed by atoms with Crippen molar-refractivity contribution in [2.75, 3.05) is 12.3 Å². The van der Waals surface area contributed by atoms with Crippen LogP contribution in [0.2, 0.25) is 10.0 Å². The fourth-order valence-corrected chi connectivity index (χ4v) is 1.54. The Labute approximate surface area is 110 Å². The molecular weight excluding hydrogens is 263 g/mol. The van der Waals surface area contributed by atoms with Gasteiger partial charge in [0.25, 0.3) is 5.91 Å². The number of amides is 1. The van der Waals surface area contributed by atoms with Crippen LogP contribution < -0.4 is 11.2 Å². The van der Waals surface area contributed by atoms with E-state index in [1.165, 1.54) is 12.1 Å². The number of carbonyl (C=O) groups is 1. The summed E-state index contributed by atoms with van der Waals surface area (Å²) in [6.07, 6.45) is 0. The van der Waals surface area contributed by atoms with Crippen molar-refractivity contribution in [2.24, 2.45) is 5.92 Å². The van der Waals surface area contributed by atoms with Crippen LogP contribution in [-0.4, -0.2) is 12.5 Å². The maximum atomic E-state index is 11.6. The van der Waals surface area contributed by atoms with E-state index in [1.807, 2.05) is 13.8 Å². The number of nitrogens with one attached hydrogen (secondary N) is 1. The van der Waals surface area contributed by atoms with Gasteiger partial charge in [0.2, 0.25) is 0 Å². The Hall–Kier alpha value is -0.970. The van der Waals surface area contributed by atoms with Crippen LogP contribution in [0, 0.1) is 5.92 Å². The van der Waals surface area contributed by atoms with Crippen molar-refractivity contribution in [1.82, 2.24) is 5.48 Å². The molecule has 94 valence electrons. The van der Waals surface area contributed by atoms with Crippen molar-refractivity contribution >= 4 is 34.8 Å². The zero-order valence-electron chi connectivity index (χ0n) is 9.59. The number of hydrogen-bond acceptors (Lipinski definition) is 3. The second-order valence-electron chi connectivity index (χ2n) is 3.99. The van der Waals surface area contributed by atoms with Gasteiger partial charge in [0.1, 0.15) is 0 Å². The average molecular weight is 277 g/mol. The lowest BCUT2D eigenvalue weighted by Gasteiger charge is -2.09. The molecule has 0 aliphatic rings. The van der Waals surface area contributed by atoms with Crippen LogP contribution in [0.4, 0.5) is 5.69 Å². The van der Waals surface area contributed by atoms with E-state index < -0.39 is 5.91 Å². The molecule has 1 aromatic carbocycles. The summed E-state index contributed by atoms with van der Waals surface area (Å²) >= 11 is 11.6. The summed E-state index contributed by atoms with van der Waals surface area (Å²) in [7, 11) is 0. The summed E-state index contributed by atoms with van der Waals surface area (Å²) in [4.78, 5) is 16.7. The first-order valence-electron chi connectivity index (χ1n) is 5.08. The summed E-state index contributed by atoms with van der Waals surface area (Å²) in [5.74, 6) is -0.0802. The zero-order valence-corrected chi connectivity index (χ0v) is 11.1. The molecule has 1 aromatic rings. The Morgan fingerprint density at radius 1 is 1.41 bits per heavy atom. The molecule has 1 amide bonds. The fraction of sp³-hybridized carbons (Fsp3) is 0.364. The molecule has 3 N–H and O–H groups in total. The van der Waals surface area contributed by atoms with Gasteiger partial charge in [-0.1, -0.05) is 37.0 Å². The maximum absolute atomic E-state index is 11.6. The number of anilines is 1. The minimum atomic E-state index is -0.408. The standard InChI is InChI=1S/C11H14Cl2N2O2/c1-6(2)5-17-15-11(16)7-3-8(12)10(14)9(13)4-7/h3-4,6H,5,14H2,1-2H3,(H,15,16). The van der Waals surface area contributed by atoms with E-state index in [9.17, 15) is 4.79 Å². The topological polar surface area (TPSA) is 64.3 Å². The minimum absolute atomic E-state index is 0.242. The lowest BCUT2D eigenvalue weighted by Crippen LogP contribution is -2.25. The van der Waals surface area contributed by atoms with E-state index in [1.54, 1.807) is 0 Å². The van der Waals surface area contributed by atoms with Crippen LogP contribution in [0.15, 0.2) is 12.1 Å². The lowest BCUT2D eigenvalue weighted by molar-refractivity contribution is 0.0208. The lowest BCUT2D eigenvalue weighted by atomic mass is 10.2. The van der Waals surface area contributed by atoms with Gasteiger partial charge in [0.05, 0.1) is 22.3 Å². The molecule has 0 fully saturated rings. The molecule has 0 unspecified atom stereocenters. The van der Waals surface area contributed by atoms with Gasteiger partial charge >= 0.3 is 0 Å². The van der Waals surface area contributed by atoms with Crippen molar-refractivity contribution in [3.05, 3.63) is 27.7 Å². The monoisotopic (exact) mass is 276 g/mol. The van der Waals surface area contributed by atoms with Crippen molar-refractivity contribution < 1.29 is 9.63 Å². The third-order valence-corrected chi connectivity index (χ3v) is 2.55. The Morgan fingerprint density at radius 3 is 2.41 bits per heavy atom. The van der Waals surface area contributed by atoms with E-state index in [-0.39, 0.29) is 15.7 Å². The molecule has 0 aliphatic carbocycles. The van der Waals surface area contributed by atoms with E-state index in [0.717, 1.165) is 0 Å². The number of rotatable bonds is 4. The molecule has 0 bridgehead atoms. The molecule has 0 saturated carbocycles. The summed E-state index contributed by atoms with van der Waals surface area (Å²) in [6, 6.07) is 2.88. The highest BCUT2D eigenvalue weighted by molar-refractivity contribution is 6.39. The first-order valence-corrected chi connectivity index (χ1v) is 5.84. The third kappa shape index (κ3) is 4.07. The third-order valence-electron chi connectivity index (χ3n) is 1.92. The highest BCUT2D eigenvalue weighted by atomic mass is 35.5. The van der Waals surface area contributed by atoms with Crippen molar-refractivity contribution in [2.45, 2.75) is 13.8 Å². The number of nitrogen functional groups attached to an aromatic ring is 1. The Bertz CT molecular complexity index is 399. The van der Waals surface area contributed by atoms with E-state index in [4.69, 9.17) is 33.8 Å².